The molecule has 22 rings (SSSR count). The number of benzene rings is 17. The minimum Gasteiger partial charge on any atom is -0.310 e. The molecule has 5 heterocycles. The summed E-state index contributed by atoms with van der Waals surface area (Å²) in [7, 11) is 0. The molecule has 0 radical (unpaired) electrons. The van der Waals surface area contributed by atoms with Gasteiger partial charge in [0.1, 0.15) is 0 Å². The molecule has 0 spiro atoms. The Labute approximate surface area is 646 Å². The standard InChI is InChI=1S/C104H68N8/c1-6-24-75(25-7-1)107(76-26-8-2-9-27-76)83-57-62-101-91(67-83)87-36-18-22-40-97(87)111(101)80-51-42-69(43-52-80)72-48-59-94-93(66-72)103(70-44-53-81(54-45-70)112-98-41-23-19-37-88(98)92-68-84(58-63-102(92)112)108(77-28-10-3-11-29-77)78-30-12-4-13-31-78)106-104(105-94)71-46-55-82(56-47-71)110-96-39-21-17-35-86(96)90-65-74(50-61-100(90)110)73-49-60-99-89(64-73)85-34-16-20-38-95(85)109(99)79-32-14-5-15-33-79/h1-68H. The highest BCUT2D eigenvalue weighted by atomic mass is 15.2. The molecule has 0 atom stereocenters. The van der Waals surface area contributed by atoms with Gasteiger partial charge >= 0.3 is 0 Å². The molecule has 0 aliphatic heterocycles. The third-order valence-corrected chi connectivity index (χ3v) is 22.5. The molecule has 0 saturated heterocycles. The lowest BCUT2D eigenvalue weighted by molar-refractivity contribution is 1.17. The van der Waals surface area contributed by atoms with Crippen molar-refractivity contribution >= 4 is 132 Å². The molecule has 0 saturated carbocycles. The van der Waals surface area contributed by atoms with E-state index < -0.39 is 0 Å². The Balaban J connectivity index is 0.640. The van der Waals surface area contributed by atoms with Crippen LogP contribution in [0.2, 0.25) is 0 Å². The number of para-hydroxylation sites is 9. The Bertz CT molecular complexity index is 7310. The second kappa shape index (κ2) is 26.4. The van der Waals surface area contributed by atoms with Gasteiger partial charge < -0.3 is 28.1 Å². The van der Waals surface area contributed by atoms with Crippen LogP contribution in [-0.4, -0.2) is 28.2 Å². The Kier molecular flexibility index (Phi) is 15.1. The summed E-state index contributed by atoms with van der Waals surface area (Å²) in [5.41, 5.74) is 28.2. The summed E-state index contributed by atoms with van der Waals surface area (Å²) < 4.78 is 9.56. The van der Waals surface area contributed by atoms with Gasteiger partial charge in [0.15, 0.2) is 5.82 Å². The summed E-state index contributed by atoms with van der Waals surface area (Å²) in [6.45, 7) is 0. The minimum absolute atomic E-state index is 0.648. The van der Waals surface area contributed by atoms with Crippen molar-refractivity contribution in [3.8, 4) is 67.6 Å². The van der Waals surface area contributed by atoms with Crippen LogP contribution in [0.5, 0.6) is 0 Å². The van der Waals surface area contributed by atoms with Crippen molar-refractivity contribution in [1.29, 1.82) is 0 Å². The van der Waals surface area contributed by atoms with Gasteiger partial charge in [-0.3, -0.25) is 0 Å². The Morgan fingerprint density at radius 3 is 0.839 bits per heavy atom. The zero-order valence-corrected chi connectivity index (χ0v) is 60.8. The molecule has 112 heavy (non-hydrogen) atoms. The largest absolute Gasteiger partial charge is 0.310 e. The third-order valence-electron chi connectivity index (χ3n) is 22.5. The van der Waals surface area contributed by atoms with Crippen molar-refractivity contribution in [2.75, 3.05) is 9.80 Å². The zero-order chi connectivity index (χ0) is 73.7. The zero-order valence-electron chi connectivity index (χ0n) is 60.8. The second-order valence-corrected chi connectivity index (χ2v) is 28.9. The molecule has 0 aliphatic rings. The summed E-state index contributed by atoms with van der Waals surface area (Å²) in [4.78, 5) is 15.8. The normalized spacial score (nSPS) is 11.8. The van der Waals surface area contributed by atoms with Crippen LogP contribution in [0, 0.1) is 0 Å². The molecule has 0 aliphatic carbocycles. The molecule has 0 fully saturated rings. The lowest BCUT2D eigenvalue weighted by Crippen LogP contribution is -2.09. The average Bonchev–Trinajstić information content (AvgIpc) is 1.59. The maximum Gasteiger partial charge on any atom is 0.160 e. The highest BCUT2D eigenvalue weighted by Gasteiger charge is 2.23. The van der Waals surface area contributed by atoms with E-state index in [4.69, 9.17) is 9.97 Å². The number of hydrogen-bond acceptors (Lipinski definition) is 4. The van der Waals surface area contributed by atoms with Crippen LogP contribution >= 0.6 is 0 Å². The number of fused-ring (bicyclic) bond motifs is 13. The van der Waals surface area contributed by atoms with Crippen molar-refractivity contribution in [1.82, 2.24) is 28.2 Å². The second-order valence-electron chi connectivity index (χ2n) is 28.9. The van der Waals surface area contributed by atoms with E-state index in [9.17, 15) is 0 Å². The molecule has 0 unspecified atom stereocenters. The number of nitrogens with zero attached hydrogens (tertiary/aromatic N) is 8. The van der Waals surface area contributed by atoms with Crippen molar-refractivity contribution in [3.63, 3.8) is 0 Å². The predicted molar refractivity (Wildman–Crippen MR) is 468 cm³/mol. The van der Waals surface area contributed by atoms with Crippen molar-refractivity contribution in [3.05, 3.63) is 413 Å². The molecule has 0 bridgehead atoms. The highest BCUT2D eigenvalue weighted by molar-refractivity contribution is 6.15. The molecule has 8 nitrogen and oxygen atoms in total. The van der Waals surface area contributed by atoms with Crippen molar-refractivity contribution in [2.24, 2.45) is 0 Å². The molecule has 22 aromatic rings. The van der Waals surface area contributed by atoms with Crippen LogP contribution < -0.4 is 9.80 Å². The molecule has 5 aromatic heterocycles. The minimum atomic E-state index is 0.648. The molecule has 0 amide bonds. The fourth-order valence-corrected chi connectivity index (χ4v) is 17.4. The first kappa shape index (κ1) is 64.1. The quantitative estimate of drug-likeness (QED) is 0.109. The van der Waals surface area contributed by atoms with E-state index in [0.29, 0.717) is 5.82 Å². The molecule has 524 valence electrons. The van der Waals surface area contributed by atoms with Gasteiger partial charge in [0.05, 0.1) is 55.3 Å². The number of rotatable bonds is 14. The average molecular weight is 1430 g/mol. The number of hydrogen-bond donors (Lipinski definition) is 0. The maximum atomic E-state index is 5.65. The molecular weight excluding hydrogens is 1360 g/mol. The predicted octanol–water partition coefficient (Wildman–Crippen LogP) is 27.6. The first-order valence-corrected chi connectivity index (χ1v) is 38.2. The van der Waals surface area contributed by atoms with Crippen LogP contribution in [-0.2, 0) is 0 Å². The van der Waals surface area contributed by atoms with Crippen LogP contribution in [0.3, 0.4) is 0 Å². The lowest BCUT2D eigenvalue weighted by atomic mass is 9.99. The number of anilines is 6. The van der Waals surface area contributed by atoms with E-state index in [-0.39, 0.29) is 0 Å². The van der Waals surface area contributed by atoms with E-state index in [0.717, 1.165) is 129 Å². The summed E-state index contributed by atoms with van der Waals surface area (Å²) in [6.07, 6.45) is 0. The first-order chi connectivity index (χ1) is 55.5. The summed E-state index contributed by atoms with van der Waals surface area (Å²) in [5, 5.41) is 10.6. The van der Waals surface area contributed by atoms with Crippen LogP contribution in [0.15, 0.2) is 413 Å². The smallest absolute Gasteiger partial charge is 0.160 e. The van der Waals surface area contributed by atoms with Crippen molar-refractivity contribution < 1.29 is 0 Å². The summed E-state index contributed by atoms with van der Waals surface area (Å²) in [5.74, 6) is 0.648. The van der Waals surface area contributed by atoms with E-state index >= 15 is 0 Å². The highest BCUT2D eigenvalue weighted by Crippen LogP contribution is 2.45. The Morgan fingerprint density at radius 1 is 0.170 bits per heavy atom. The molecule has 17 aromatic carbocycles. The van der Waals surface area contributed by atoms with Gasteiger partial charge in [0, 0.05) is 116 Å². The molecule has 8 heteroatoms. The Hall–Kier alpha value is -15.1. The monoisotopic (exact) mass is 1430 g/mol. The summed E-state index contributed by atoms with van der Waals surface area (Å²) >= 11 is 0. The van der Waals surface area contributed by atoms with Crippen LogP contribution in [0.25, 0.3) is 166 Å². The maximum absolute atomic E-state index is 5.65. The van der Waals surface area contributed by atoms with Gasteiger partial charge in [-0.2, -0.15) is 0 Å². The summed E-state index contributed by atoms with van der Waals surface area (Å²) in [6, 6.07) is 149. The van der Waals surface area contributed by atoms with Crippen LogP contribution in [0.1, 0.15) is 0 Å². The van der Waals surface area contributed by atoms with Crippen molar-refractivity contribution in [2.45, 2.75) is 0 Å². The SMILES string of the molecule is c1ccc(N(c2ccccc2)c2ccc3c(c2)c2ccccc2n3-c2ccc(-c3ccc4nc(-c5ccc(-n6c7ccccc7c7cc(-c8ccc9c(c8)c8ccccc8n9-c8ccccc8)ccc76)cc5)nc(-c5ccc(-n6c7ccccc7c7cc(N(c8ccccc8)c8ccccc8)ccc76)cc5)c4c3)cc2)cc1. The molecule has 0 N–H and O–H groups in total. The Morgan fingerprint density at radius 2 is 0.446 bits per heavy atom. The van der Waals surface area contributed by atoms with Gasteiger partial charge in [-0.1, -0.05) is 206 Å². The van der Waals surface area contributed by atoms with Gasteiger partial charge in [0.25, 0.3) is 0 Å². The van der Waals surface area contributed by atoms with Gasteiger partial charge in [0.2, 0.25) is 0 Å². The van der Waals surface area contributed by atoms with Gasteiger partial charge in [-0.15, -0.1) is 0 Å². The van der Waals surface area contributed by atoms with Gasteiger partial charge in [-0.05, 0) is 229 Å². The van der Waals surface area contributed by atoms with Gasteiger partial charge in [-0.25, -0.2) is 9.97 Å². The number of aromatic nitrogens is 6. The van der Waals surface area contributed by atoms with Crippen LogP contribution in [0.4, 0.5) is 34.1 Å². The van der Waals surface area contributed by atoms with E-state index in [1.54, 1.807) is 0 Å². The topological polar surface area (TPSA) is 52.0 Å². The fraction of sp³-hybridized carbons (Fsp3) is 0. The van der Waals surface area contributed by atoms with E-state index in [1.165, 1.54) is 65.3 Å². The fourth-order valence-electron chi connectivity index (χ4n) is 17.4. The van der Waals surface area contributed by atoms with E-state index in [2.05, 4.69) is 441 Å². The molecular formula is C104H68N8. The third kappa shape index (κ3) is 10.7. The first-order valence-electron chi connectivity index (χ1n) is 38.2. The lowest BCUT2D eigenvalue weighted by Gasteiger charge is -2.25. The van der Waals surface area contributed by atoms with E-state index in [1.807, 2.05) is 0 Å².